The molecule has 6 fully saturated rings. The number of esters is 3. The second-order valence-corrected chi connectivity index (χ2v) is 12.9. The molecule has 0 radical (unpaired) electrons. The molecule has 4 aliphatic heterocycles. The van der Waals surface area contributed by atoms with Gasteiger partial charge in [-0.15, -0.1) is 0 Å². The molecule has 0 amide bonds. The highest BCUT2D eigenvalue weighted by Crippen LogP contribution is 2.84. The van der Waals surface area contributed by atoms with Crippen molar-refractivity contribution in [2.75, 3.05) is 7.11 Å². The van der Waals surface area contributed by atoms with Gasteiger partial charge in [0.2, 0.25) is 11.9 Å². The molecule has 40 heavy (non-hydrogen) atoms. The summed E-state index contributed by atoms with van der Waals surface area (Å²) in [7, 11) is 1.54. The van der Waals surface area contributed by atoms with E-state index in [0.717, 1.165) is 0 Å². The molecule has 2 spiro atoms. The van der Waals surface area contributed by atoms with E-state index in [1.54, 1.807) is 31.4 Å². The van der Waals surface area contributed by atoms with Crippen LogP contribution in [0.2, 0.25) is 0 Å². The van der Waals surface area contributed by atoms with Crippen LogP contribution >= 0.6 is 0 Å². The van der Waals surface area contributed by atoms with Gasteiger partial charge < -0.3 is 43.7 Å². The number of methoxy groups -OCH3 is 1. The normalized spacial score (nSPS) is 49.8. The van der Waals surface area contributed by atoms with Crippen molar-refractivity contribution in [3.05, 3.63) is 29.8 Å². The summed E-state index contributed by atoms with van der Waals surface area (Å²) in [6, 6.07) is 6.99. The Balaban J connectivity index is 1.45. The second-order valence-electron chi connectivity index (χ2n) is 12.9. The fourth-order valence-corrected chi connectivity index (χ4v) is 9.35. The molecular weight excluding hydrogens is 528 g/mol. The molecule has 12 heteroatoms. The summed E-state index contributed by atoms with van der Waals surface area (Å²) in [5, 5.41) is 36.2. The largest absolute Gasteiger partial charge is 0.497 e. The molecule has 0 aromatic heterocycles. The summed E-state index contributed by atoms with van der Waals surface area (Å²) < 4.78 is 34.9. The highest BCUT2D eigenvalue weighted by molar-refractivity contribution is 5.94. The van der Waals surface area contributed by atoms with Gasteiger partial charge in [0, 0.05) is 5.92 Å². The van der Waals surface area contributed by atoms with Crippen LogP contribution in [-0.2, 0) is 44.7 Å². The number of aliphatic hydroxyl groups is 3. The Morgan fingerprint density at radius 3 is 2.27 bits per heavy atom. The number of hydrogen-bond acceptors (Lipinski definition) is 12. The van der Waals surface area contributed by atoms with Crippen LogP contribution in [0.4, 0.5) is 0 Å². The third-order valence-electron chi connectivity index (χ3n) is 10.5. The third kappa shape index (κ3) is 2.36. The monoisotopic (exact) mass is 560 g/mol. The lowest BCUT2D eigenvalue weighted by molar-refractivity contribution is -0.240. The summed E-state index contributed by atoms with van der Waals surface area (Å²) >= 11 is 0. The van der Waals surface area contributed by atoms with Gasteiger partial charge in [-0.2, -0.15) is 0 Å². The Labute approximate surface area is 229 Å². The summed E-state index contributed by atoms with van der Waals surface area (Å²) in [5.74, 6) is -4.24. The number of carbonyl (C=O) groups excluding carboxylic acids is 3. The van der Waals surface area contributed by atoms with Gasteiger partial charge in [0.1, 0.15) is 18.0 Å². The third-order valence-corrected chi connectivity index (χ3v) is 10.5. The minimum Gasteiger partial charge on any atom is -0.497 e. The van der Waals surface area contributed by atoms with Crippen molar-refractivity contribution < 1.29 is 58.1 Å². The van der Waals surface area contributed by atoms with Crippen LogP contribution in [0.1, 0.15) is 33.3 Å². The van der Waals surface area contributed by atoms with Gasteiger partial charge in [0.05, 0.1) is 36.6 Å². The fourth-order valence-electron chi connectivity index (χ4n) is 9.35. The second kappa shape index (κ2) is 7.54. The van der Waals surface area contributed by atoms with E-state index in [1.165, 1.54) is 6.92 Å². The molecule has 4 saturated heterocycles. The Kier molecular flexibility index (Phi) is 4.93. The first kappa shape index (κ1) is 26.1. The quantitative estimate of drug-likeness (QED) is 0.329. The maximum atomic E-state index is 13.9. The summed E-state index contributed by atoms with van der Waals surface area (Å²) in [6.45, 7) is 6.84. The number of ether oxygens (including phenoxy) is 6. The van der Waals surface area contributed by atoms with E-state index in [-0.39, 0.29) is 6.61 Å². The van der Waals surface area contributed by atoms with Gasteiger partial charge in [0.15, 0.2) is 17.8 Å². The van der Waals surface area contributed by atoms with Crippen LogP contribution in [0.5, 0.6) is 5.75 Å². The molecule has 4 heterocycles. The molecule has 12 atom stereocenters. The van der Waals surface area contributed by atoms with Gasteiger partial charge in [0.25, 0.3) is 0 Å². The predicted molar refractivity (Wildman–Crippen MR) is 129 cm³/mol. The number of benzene rings is 1. The Bertz CT molecular complexity index is 1320. The zero-order valence-electron chi connectivity index (χ0n) is 22.7. The van der Waals surface area contributed by atoms with E-state index in [0.29, 0.717) is 11.3 Å². The minimum absolute atomic E-state index is 0.0665. The highest BCUT2D eigenvalue weighted by atomic mass is 16.8. The van der Waals surface area contributed by atoms with Gasteiger partial charge >= 0.3 is 17.9 Å². The number of hydrogen-bond donors (Lipinski definition) is 3. The molecule has 12 nitrogen and oxygen atoms in total. The van der Waals surface area contributed by atoms with Crippen LogP contribution < -0.4 is 4.74 Å². The van der Waals surface area contributed by atoms with Gasteiger partial charge in [-0.05, 0) is 30.0 Å². The molecule has 1 aromatic rings. The molecule has 1 aromatic carbocycles. The van der Waals surface area contributed by atoms with Crippen molar-refractivity contribution in [3.63, 3.8) is 0 Å². The van der Waals surface area contributed by atoms with Crippen LogP contribution in [0.25, 0.3) is 0 Å². The van der Waals surface area contributed by atoms with Gasteiger partial charge in [-0.1, -0.05) is 32.9 Å². The molecule has 0 bridgehead atoms. The zero-order valence-corrected chi connectivity index (χ0v) is 22.7. The zero-order chi connectivity index (χ0) is 28.8. The maximum absolute atomic E-state index is 13.9. The average molecular weight is 561 g/mol. The first-order valence-corrected chi connectivity index (χ1v) is 13.4. The van der Waals surface area contributed by atoms with Crippen LogP contribution in [0.3, 0.4) is 0 Å². The highest BCUT2D eigenvalue weighted by Gasteiger charge is 3.05. The Hall–Kier alpha value is -2.77. The standard InChI is InChI=1S/C28H32O12/c1-11-20(31)37-18-16(30)26-17-14(29)15(24(2,3)4)25(26)19(36-10-12-6-8-13(35-5)9-7-12)21(32)39-23(25)40-28(26,22(33)38-17)27(11,18)34/h6-9,11,14-19,23,29-30,34H,10H2,1-5H3/t11-,14-,15+,16+,17-,18?,19+,23+,25?,26?,27-,28-/m1/s1. The number of fused-ring (bicyclic) bond motifs is 1. The number of aliphatic hydroxyl groups excluding tert-OH is 2. The molecular formula is C28H32O12. The fraction of sp³-hybridized carbons (Fsp3) is 0.679. The van der Waals surface area contributed by atoms with E-state index in [2.05, 4.69) is 0 Å². The van der Waals surface area contributed by atoms with Crippen molar-refractivity contribution >= 4 is 17.9 Å². The van der Waals surface area contributed by atoms with Crippen LogP contribution in [-0.4, -0.2) is 88.3 Å². The number of rotatable bonds is 4. The average Bonchev–Trinajstić information content (AvgIpc) is 3.59. The van der Waals surface area contributed by atoms with Crippen molar-refractivity contribution in [3.8, 4) is 5.75 Å². The van der Waals surface area contributed by atoms with E-state index < -0.39 is 94.0 Å². The van der Waals surface area contributed by atoms with Crippen LogP contribution in [0.15, 0.2) is 24.3 Å². The Morgan fingerprint density at radius 2 is 1.65 bits per heavy atom. The molecule has 216 valence electrons. The molecule has 6 aliphatic rings. The maximum Gasteiger partial charge on any atom is 0.343 e. The lowest BCUT2D eigenvalue weighted by atomic mass is 9.51. The van der Waals surface area contributed by atoms with Gasteiger partial charge in [-0.3, -0.25) is 4.79 Å². The van der Waals surface area contributed by atoms with E-state index in [1.807, 2.05) is 20.8 Å². The minimum atomic E-state index is -2.38. The lowest BCUT2D eigenvalue weighted by Crippen LogP contribution is -2.67. The predicted octanol–water partition coefficient (Wildman–Crippen LogP) is -0.166. The van der Waals surface area contributed by atoms with E-state index >= 15 is 0 Å². The Morgan fingerprint density at radius 1 is 0.975 bits per heavy atom. The van der Waals surface area contributed by atoms with E-state index in [4.69, 9.17) is 28.4 Å². The summed E-state index contributed by atoms with van der Waals surface area (Å²) in [6.07, 6.45) is -9.10. The van der Waals surface area contributed by atoms with Crippen LogP contribution in [0, 0.1) is 28.1 Å². The van der Waals surface area contributed by atoms with Crippen molar-refractivity contribution in [1.29, 1.82) is 0 Å². The van der Waals surface area contributed by atoms with Gasteiger partial charge in [-0.25, -0.2) is 9.59 Å². The molecule has 3 N–H and O–H groups in total. The molecule has 2 aliphatic carbocycles. The molecule has 3 unspecified atom stereocenters. The molecule has 2 saturated carbocycles. The van der Waals surface area contributed by atoms with Crippen molar-refractivity contribution in [1.82, 2.24) is 0 Å². The molecule has 7 rings (SSSR count). The smallest absolute Gasteiger partial charge is 0.343 e. The lowest BCUT2D eigenvalue weighted by Gasteiger charge is -2.48. The van der Waals surface area contributed by atoms with Crippen molar-refractivity contribution in [2.45, 2.75) is 82.3 Å². The first-order valence-electron chi connectivity index (χ1n) is 13.4. The first-order chi connectivity index (χ1) is 18.8. The summed E-state index contributed by atoms with van der Waals surface area (Å²) in [5.41, 5.74) is -8.50. The SMILES string of the molecule is COc1ccc(CO[C@H]2C(=O)O[C@H]3O[C@]45C(=O)O[C@@H]6[C@H](O)[C@@H](C(C)(C)C)C32C64[C@@H](O)C2OC(=O)[C@@H](C)[C@@]25O)cc1. The van der Waals surface area contributed by atoms with E-state index in [9.17, 15) is 29.7 Å². The van der Waals surface area contributed by atoms with Crippen molar-refractivity contribution in [2.24, 2.45) is 28.1 Å². The topological polar surface area (TPSA) is 167 Å². The number of carbonyl (C=O) groups is 3. The summed E-state index contributed by atoms with van der Waals surface area (Å²) in [4.78, 5) is 40.1.